The fourth-order valence-corrected chi connectivity index (χ4v) is 8.66. The molecule has 0 saturated carbocycles. The molecule has 312 valence electrons. The quantitative estimate of drug-likeness (QED) is 0.109. The van der Waals surface area contributed by atoms with Crippen molar-refractivity contribution in [3.8, 4) is 11.5 Å². The lowest BCUT2D eigenvalue weighted by Crippen LogP contribution is -2.52. The summed E-state index contributed by atoms with van der Waals surface area (Å²) in [7, 11) is 0. The molecule has 9 rings (SSSR count). The number of unbranched alkanes of at least 4 members (excludes halogenated alkanes) is 3. The van der Waals surface area contributed by atoms with Crippen LogP contribution in [0.4, 0.5) is 21.9 Å². The number of imide groups is 1. The molecular weight excluding hydrogens is 769 g/mol. The van der Waals surface area contributed by atoms with E-state index in [1.54, 1.807) is 28.0 Å². The first-order valence-corrected chi connectivity index (χ1v) is 20.8. The average Bonchev–Trinajstić information content (AvgIpc) is 4.08. The smallest absolute Gasteiger partial charge is 0.323 e. The molecule has 5 aromatic rings. The number of ether oxygens (including phenoxy) is 1. The molecule has 0 bridgehead atoms. The normalized spacial score (nSPS) is 19.6. The van der Waals surface area contributed by atoms with Crippen LogP contribution in [0.2, 0.25) is 0 Å². The summed E-state index contributed by atoms with van der Waals surface area (Å²) in [5.74, 6) is 0.178. The number of aryl methyl sites for hydroxylation is 2. The van der Waals surface area contributed by atoms with Crippen LogP contribution in [-0.2, 0) is 27.3 Å². The van der Waals surface area contributed by atoms with Gasteiger partial charge in [0.05, 0.1) is 35.7 Å². The van der Waals surface area contributed by atoms with Gasteiger partial charge >= 0.3 is 6.03 Å². The van der Waals surface area contributed by atoms with Crippen LogP contribution in [-0.4, -0.2) is 109 Å². The Labute approximate surface area is 346 Å². The first-order chi connectivity index (χ1) is 29.3. The number of piperidine rings is 1. The van der Waals surface area contributed by atoms with E-state index in [1.165, 1.54) is 0 Å². The summed E-state index contributed by atoms with van der Waals surface area (Å²) in [4.78, 5) is 70.2. The number of hydrogen-bond donors (Lipinski definition) is 3. The summed E-state index contributed by atoms with van der Waals surface area (Å²) >= 11 is 0. The van der Waals surface area contributed by atoms with Crippen molar-refractivity contribution < 1.29 is 28.4 Å². The van der Waals surface area contributed by atoms with Gasteiger partial charge in [0.25, 0.3) is 5.91 Å². The maximum absolute atomic E-state index is 13.1. The zero-order valence-electron chi connectivity index (χ0n) is 33.6. The van der Waals surface area contributed by atoms with Gasteiger partial charge in [-0.3, -0.25) is 29.6 Å². The molecule has 0 radical (unpaired) electrons. The van der Waals surface area contributed by atoms with Crippen molar-refractivity contribution in [2.24, 2.45) is 0 Å². The highest BCUT2D eigenvalue weighted by molar-refractivity contribution is 6.05. The molecule has 0 spiro atoms. The number of hydrogen-bond acceptors (Lipinski definition) is 13. The van der Waals surface area contributed by atoms with Gasteiger partial charge < -0.3 is 29.7 Å². The van der Waals surface area contributed by atoms with Gasteiger partial charge in [-0.15, -0.1) is 0 Å². The number of aromatic nitrogens is 6. The highest BCUT2D eigenvalue weighted by Gasteiger charge is 2.39. The average molecular weight is 817 g/mol. The third-order valence-electron chi connectivity index (χ3n) is 11.8. The first-order valence-electron chi connectivity index (χ1n) is 20.8. The van der Waals surface area contributed by atoms with Crippen molar-refractivity contribution in [1.29, 1.82) is 0 Å². The van der Waals surface area contributed by atoms with Crippen LogP contribution in [0.3, 0.4) is 0 Å². The van der Waals surface area contributed by atoms with Gasteiger partial charge in [-0.2, -0.15) is 10.1 Å². The number of carbonyl (C=O) groups is 4. The summed E-state index contributed by atoms with van der Waals surface area (Å²) < 4.78 is 13.2. The number of carbonyl (C=O) groups excluding carboxylic acids is 4. The number of rotatable bonds is 13. The number of nitrogens with zero attached hydrogens (tertiary/aromatic N) is 9. The van der Waals surface area contributed by atoms with Gasteiger partial charge in [-0.1, -0.05) is 18.0 Å². The van der Waals surface area contributed by atoms with Gasteiger partial charge in [-0.25, -0.2) is 14.3 Å². The number of piperazine rings is 1. The Balaban J connectivity index is 0.689. The molecule has 3 saturated heterocycles. The SMILES string of the molecule is Cc1cc(NC(=O)Nc2cnc3ccnn3c2C2CCCO2)cnc1-c1noc(CCCCCCN2CCN(c3ccc4c(c3)CN(C3CCC(=O)NC3=O)C4=O)CC2)n1. The third kappa shape index (κ3) is 8.29. The van der Waals surface area contributed by atoms with E-state index in [1.807, 2.05) is 31.2 Å². The number of anilines is 3. The molecule has 0 aliphatic carbocycles. The molecule has 2 unspecified atom stereocenters. The van der Waals surface area contributed by atoms with Crippen molar-refractivity contribution in [1.82, 2.24) is 44.8 Å². The zero-order chi connectivity index (χ0) is 41.2. The standard InChI is InChI=1S/C42H48N12O6/c1-26-21-28(46-42(58)47-31-24-43-34-13-14-45-54(34)38(31)33-7-6-20-59-33)23-44-37(26)39-49-36(60-50-39)8-4-2-3-5-15-51-16-18-52(19-17-51)29-9-10-30-27(22-29)25-53(41(30)57)32-11-12-35(55)48-40(32)56/h9-10,13-14,21-24,32-33H,2-8,11-12,15-20,25H2,1H3,(H2,46,47,58)(H,48,55,56). The van der Waals surface area contributed by atoms with Crippen LogP contribution >= 0.6 is 0 Å². The van der Waals surface area contributed by atoms with Gasteiger partial charge in [0.2, 0.25) is 23.5 Å². The first kappa shape index (κ1) is 39.2. The fraction of sp³-hybridized carbons (Fsp3) is 0.452. The predicted molar refractivity (Wildman–Crippen MR) is 219 cm³/mol. The van der Waals surface area contributed by atoms with Crippen LogP contribution in [0, 0.1) is 6.92 Å². The Kier molecular flexibility index (Phi) is 11.2. The molecule has 5 amide bonds. The molecular formula is C42H48N12O6. The molecule has 4 aliphatic rings. The molecule has 3 N–H and O–H groups in total. The van der Waals surface area contributed by atoms with Crippen molar-refractivity contribution in [3.63, 3.8) is 0 Å². The fourth-order valence-electron chi connectivity index (χ4n) is 8.66. The third-order valence-corrected chi connectivity index (χ3v) is 11.8. The minimum absolute atomic E-state index is 0.144. The lowest BCUT2D eigenvalue weighted by Gasteiger charge is -2.36. The zero-order valence-corrected chi connectivity index (χ0v) is 33.6. The van der Waals surface area contributed by atoms with Gasteiger partial charge in [0.1, 0.15) is 17.8 Å². The molecule has 1 aromatic carbocycles. The number of benzene rings is 1. The Morgan fingerprint density at radius 1 is 0.967 bits per heavy atom. The molecule has 2 atom stereocenters. The van der Waals surface area contributed by atoms with Crippen LogP contribution in [0.5, 0.6) is 0 Å². The van der Waals surface area contributed by atoms with E-state index < -0.39 is 12.1 Å². The molecule has 3 fully saturated rings. The van der Waals surface area contributed by atoms with Crippen LogP contribution < -0.4 is 20.9 Å². The number of urea groups is 1. The minimum atomic E-state index is -0.604. The van der Waals surface area contributed by atoms with Gasteiger partial charge in [0, 0.05) is 69.5 Å². The van der Waals surface area contributed by atoms with E-state index in [-0.39, 0.29) is 30.2 Å². The van der Waals surface area contributed by atoms with Crippen molar-refractivity contribution in [3.05, 3.63) is 77.2 Å². The lowest BCUT2D eigenvalue weighted by molar-refractivity contribution is -0.136. The van der Waals surface area contributed by atoms with Crippen molar-refractivity contribution in [2.45, 2.75) is 83.4 Å². The second-order valence-corrected chi connectivity index (χ2v) is 15.9. The van der Waals surface area contributed by atoms with E-state index in [0.717, 1.165) is 93.8 Å². The van der Waals surface area contributed by atoms with Crippen LogP contribution in [0.15, 0.2) is 53.4 Å². The van der Waals surface area contributed by atoms with Gasteiger partial charge in [-0.05, 0) is 81.0 Å². The molecule has 4 aliphatic heterocycles. The number of amides is 5. The van der Waals surface area contributed by atoms with E-state index in [2.05, 4.69) is 57.0 Å². The topological polar surface area (TPSA) is 205 Å². The lowest BCUT2D eigenvalue weighted by atomic mass is 10.0. The summed E-state index contributed by atoms with van der Waals surface area (Å²) in [6.45, 7) is 7.74. The van der Waals surface area contributed by atoms with E-state index in [9.17, 15) is 19.2 Å². The van der Waals surface area contributed by atoms with Crippen molar-refractivity contribution >= 4 is 46.5 Å². The summed E-state index contributed by atoms with van der Waals surface area (Å²) in [5, 5.41) is 16.7. The van der Waals surface area contributed by atoms with Gasteiger partial charge in [0.15, 0.2) is 5.65 Å². The highest BCUT2D eigenvalue weighted by Crippen LogP contribution is 2.34. The molecule has 18 nitrogen and oxygen atoms in total. The maximum atomic E-state index is 13.1. The molecule has 8 heterocycles. The highest BCUT2D eigenvalue weighted by atomic mass is 16.5. The Morgan fingerprint density at radius 3 is 2.65 bits per heavy atom. The second-order valence-electron chi connectivity index (χ2n) is 15.9. The largest absolute Gasteiger partial charge is 0.372 e. The van der Waals surface area contributed by atoms with E-state index in [4.69, 9.17) is 9.26 Å². The Bertz CT molecular complexity index is 2420. The van der Waals surface area contributed by atoms with E-state index >= 15 is 0 Å². The second kappa shape index (κ2) is 17.1. The summed E-state index contributed by atoms with van der Waals surface area (Å²) in [5.41, 5.74) is 6.55. The Hall–Kier alpha value is -6.27. The summed E-state index contributed by atoms with van der Waals surface area (Å²) in [6.07, 6.45) is 12.0. The number of fused-ring (bicyclic) bond motifs is 2. The summed E-state index contributed by atoms with van der Waals surface area (Å²) in [6, 6.07) is 8.57. The Morgan fingerprint density at radius 2 is 1.83 bits per heavy atom. The molecule has 4 aromatic heterocycles. The predicted octanol–water partition coefficient (Wildman–Crippen LogP) is 4.66. The molecule has 18 heteroatoms. The van der Waals surface area contributed by atoms with E-state index in [0.29, 0.717) is 66.0 Å². The van der Waals surface area contributed by atoms with Crippen molar-refractivity contribution in [2.75, 3.05) is 54.9 Å². The monoisotopic (exact) mass is 816 g/mol. The number of pyridine rings is 1. The van der Waals surface area contributed by atoms with Crippen LogP contribution in [0.1, 0.15) is 90.5 Å². The van der Waals surface area contributed by atoms with Crippen LogP contribution in [0.25, 0.3) is 17.2 Å². The molecule has 60 heavy (non-hydrogen) atoms. The maximum Gasteiger partial charge on any atom is 0.323 e. The minimum Gasteiger partial charge on any atom is -0.372 e. The number of nitrogens with one attached hydrogen (secondary N) is 3.